The maximum absolute atomic E-state index is 10.6. The molecule has 5 nitrogen and oxygen atoms in total. The summed E-state index contributed by atoms with van der Waals surface area (Å²) in [4.78, 5) is 14.4. The summed E-state index contributed by atoms with van der Waals surface area (Å²) >= 11 is 0. The smallest absolute Gasteiger partial charge is 0.354 e. The third-order valence-corrected chi connectivity index (χ3v) is 2.67. The van der Waals surface area contributed by atoms with Crippen LogP contribution in [-0.4, -0.2) is 35.4 Å². The molecule has 2 heterocycles. The summed E-state index contributed by atoms with van der Waals surface area (Å²) in [6.45, 7) is 1.29. The number of rotatable bonds is 4. The van der Waals surface area contributed by atoms with E-state index < -0.39 is 5.97 Å². The quantitative estimate of drug-likeness (QED) is 0.863. The third kappa shape index (κ3) is 3.42. The van der Waals surface area contributed by atoms with E-state index in [4.69, 9.17) is 14.6 Å². The molecule has 1 aromatic rings. The van der Waals surface area contributed by atoms with E-state index in [1.165, 1.54) is 18.7 Å². The van der Waals surface area contributed by atoms with Crippen molar-refractivity contribution in [2.24, 2.45) is 0 Å². The molecule has 2 rings (SSSR count). The number of carboxylic acid groups (broad SMARTS) is 1. The van der Waals surface area contributed by atoms with Crippen LogP contribution in [0, 0.1) is 0 Å². The van der Waals surface area contributed by atoms with Crippen LogP contribution in [0.1, 0.15) is 29.8 Å². The van der Waals surface area contributed by atoms with Gasteiger partial charge in [-0.15, -0.1) is 0 Å². The first-order valence-corrected chi connectivity index (χ1v) is 5.69. The predicted molar refractivity (Wildman–Crippen MR) is 60.3 cm³/mol. The number of hydrogen-bond acceptors (Lipinski definition) is 4. The summed E-state index contributed by atoms with van der Waals surface area (Å²) < 4.78 is 11.0. The number of aromatic carboxylic acids is 1. The van der Waals surface area contributed by atoms with E-state index in [1.807, 2.05) is 0 Å². The average Bonchev–Trinajstić information content (AvgIpc) is 2.38. The van der Waals surface area contributed by atoms with Gasteiger partial charge < -0.3 is 14.6 Å². The van der Waals surface area contributed by atoms with Crippen LogP contribution < -0.4 is 4.74 Å². The number of ether oxygens (including phenoxy) is 2. The van der Waals surface area contributed by atoms with Crippen molar-refractivity contribution in [2.75, 3.05) is 13.2 Å². The minimum absolute atomic E-state index is 0.0197. The lowest BCUT2D eigenvalue weighted by Crippen LogP contribution is -2.25. The molecule has 0 radical (unpaired) electrons. The SMILES string of the molecule is O=C(O)c1ccc(OCC2CCCCO2)cn1. The fourth-order valence-corrected chi connectivity index (χ4v) is 1.72. The van der Waals surface area contributed by atoms with Crippen LogP contribution in [0.25, 0.3) is 0 Å². The van der Waals surface area contributed by atoms with E-state index in [0.717, 1.165) is 19.4 Å². The van der Waals surface area contributed by atoms with Gasteiger partial charge >= 0.3 is 5.97 Å². The number of aromatic nitrogens is 1. The highest BCUT2D eigenvalue weighted by molar-refractivity contribution is 5.85. The Morgan fingerprint density at radius 3 is 3.00 bits per heavy atom. The van der Waals surface area contributed by atoms with E-state index in [9.17, 15) is 4.79 Å². The minimum atomic E-state index is -1.04. The summed E-state index contributed by atoms with van der Waals surface area (Å²) in [6, 6.07) is 3.04. The summed E-state index contributed by atoms with van der Waals surface area (Å²) in [5.74, 6) is -0.462. The van der Waals surface area contributed by atoms with Crippen LogP contribution in [0.15, 0.2) is 18.3 Å². The maximum atomic E-state index is 10.6. The van der Waals surface area contributed by atoms with Crippen molar-refractivity contribution in [1.29, 1.82) is 0 Å². The third-order valence-electron chi connectivity index (χ3n) is 2.67. The number of pyridine rings is 1. The van der Waals surface area contributed by atoms with Crippen molar-refractivity contribution in [3.8, 4) is 5.75 Å². The van der Waals surface area contributed by atoms with Crippen LogP contribution in [0.2, 0.25) is 0 Å². The normalized spacial score (nSPS) is 19.9. The minimum Gasteiger partial charge on any atom is -0.489 e. The Morgan fingerprint density at radius 1 is 1.53 bits per heavy atom. The molecule has 1 N–H and O–H groups in total. The Hall–Kier alpha value is -1.62. The monoisotopic (exact) mass is 237 g/mol. The summed E-state index contributed by atoms with van der Waals surface area (Å²) in [6.07, 6.45) is 4.87. The Bertz CT molecular complexity index is 371. The van der Waals surface area contributed by atoms with Crippen LogP contribution in [0.5, 0.6) is 5.75 Å². The van der Waals surface area contributed by atoms with E-state index in [0.29, 0.717) is 12.4 Å². The molecule has 0 spiro atoms. The van der Waals surface area contributed by atoms with E-state index >= 15 is 0 Å². The van der Waals surface area contributed by atoms with E-state index in [1.54, 1.807) is 6.07 Å². The van der Waals surface area contributed by atoms with Gasteiger partial charge in [-0.1, -0.05) is 0 Å². The summed E-state index contributed by atoms with van der Waals surface area (Å²) in [7, 11) is 0. The fourth-order valence-electron chi connectivity index (χ4n) is 1.72. The number of hydrogen-bond donors (Lipinski definition) is 1. The Balaban J connectivity index is 1.84. The van der Waals surface area contributed by atoms with Gasteiger partial charge in [-0.2, -0.15) is 0 Å². The van der Waals surface area contributed by atoms with Crippen molar-refractivity contribution in [1.82, 2.24) is 4.98 Å². The maximum Gasteiger partial charge on any atom is 0.354 e. The first-order chi connectivity index (χ1) is 8.25. The molecular weight excluding hydrogens is 222 g/mol. The lowest BCUT2D eigenvalue weighted by atomic mass is 10.1. The Labute approximate surface area is 99.4 Å². The van der Waals surface area contributed by atoms with Crippen molar-refractivity contribution in [3.05, 3.63) is 24.0 Å². The van der Waals surface area contributed by atoms with Gasteiger partial charge in [0.15, 0.2) is 0 Å². The molecule has 1 unspecified atom stereocenters. The van der Waals surface area contributed by atoms with Gasteiger partial charge in [0.05, 0.1) is 12.3 Å². The molecule has 0 saturated carbocycles. The molecule has 1 aliphatic heterocycles. The fraction of sp³-hybridized carbons (Fsp3) is 0.500. The molecule has 1 aromatic heterocycles. The van der Waals surface area contributed by atoms with Crippen molar-refractivity contribution in [2.45, 2.75) is 25.4 Å². The first kappa shape index (κ1) is 11.9. The van der Waals surface area contributed by atoms with Gasteiger partial charge in [-0.05, 0) is 31.4 Å². The van der Waals surface area contributed by atoms with Crippen LogP contribution >= 0.6 is 0 Å². The molecule has 1 saturated heterocycles. The lowest BCUT2D eigenvalue weighted by Gasteiger charge is -2.22. The highest BCUT2D eigenvalue weighted by Crippen LogP contribution is 2.15. The molecule has 92 valence electrons. The number of nitrogens with zero attached hydrogens (tertiary/aromatic N) is 1. The Morgan fingerprint density at radius 2 is 2.41 bits per heavy atom. The topological polar surface area (TPSA) is 68.7 Å². The first-order valence-electron chi connectivity index (χ1n) is 5.69. The van der Waals surface area contributed by atoms with Gasteiger partial charge in [-0.3, -0.25) is 0 Å². The molecule has 17 heavy (non-hydrogen) atoms. The zero-order valence-corrected chi connectivity index (χ0v) is 9.46. The molecule has 0 aromatic carbocycles. The van der Waals surface area contributed by atoms with Gasteiger partial charge in [0, 0.05) is 6.61 Å². The molecule has 1 aliphatic rings. The molecule has 5 heteroatoms. The van der Waals surface area contributed by atoms with E-state index in [-0.39, 0.29) is 11.8 Å². The second-order valence-electron chi connectivity index (χ2n) is 3.98. The van der Waals surface area contributed by atoms with E-state index in [2.05, 4.69) is 4.98 Å². The Kier molecular flexibility index (Phi) is 3.93. The molecular formula is C12H15NO4. The van der Waals surface area contributed by atoms with Crippen LogP contribution in [0.3, 0.4) is 0 Å². The zero-order chi connectivity index (χ0) is 12.1. The van der Waals surface area contributed by atoms with Crippen molar-refractivity contribution < 1.29 is 19.4 Å². The van der Waals surface area contributed by atoms with Gasteiger partial charge in [0.2, 0.25) is 0 Å². The van der Waals surface area contributed by atoms with Gasteiger partial charge in [-0.25, -0.2) is 9.78 Å². The second-order valence-corrected chi connectivity index (χ2v) is 3.98. The predicted octanol–water partition coefficient (Wildman–Crippen LogP) is 1.73. The highest BCUT2D eigenvalue weighted by Gasteiger charge is 2.14. The van der Waals surface area contributed by atoms with Gasteiger partial charge in [0.25, 0.3) is 0 Å². The molecule has 0 bridgehead atoms. The summed E-state index contributed by atoms with van der Waals surface area (Å²) in [5.41, 5.74) is 0.0197. The van der Waals surface area contributed by atoms with Gasteiger partial charge in [0.1, 0.15) is 18.1 Å². The molecule has 1 atom stereocenters. The largest absolute Gasteiger partial charge is 0.489 e. The molecule has 0 amide bonds. The van der Waals surface area contributed by atoms with Crippen molar-refractivity contribution >= 4 is 5.97 Å². The lowest BCUT2D eigenvalue weighted by molar-refractivity contribution is -0.0111. The van der Waals surface area contributed by atoms with Crippen molar-refractivity contribution in [3.63, 3.8) is 0 Å². The molecule has 1 fully saturated rings. The highest BCUT2D eigenvalue weighted by atomic mass is 16.5. The van der Waals surface area contributed by atoms with Crippen LogP contribution in [-0.2, 0) is 4.74 Å². The zero-order valence-electron chi connectivity index (χ0n) is 9.46. The molecule has 0 aliphatic carbocycles. The summed E-state index contributed by atoms with van der Waals surface area (Å²) in [5, 5.41) is 8.69. The average molecular weight is 237 g/mol. The standard InChI is InChI=1S/C12H15NO4/c14-12(15)11-5-4-9(7-13-11)17-8-10-3-1-2-6-16-10/h4-5,7,10H,1-3,6,8H2,(H,14,15). The van der Waals surface area contributed by atoms with Crippen LogP contribution in [0.4, 0.5) is 0 Å². The number of carboxylic acids is 1. The second kappa shape index (κ2) is 5.63. The number of carbonyl (C=O) groups is 1.